The van der Waals surface area contributed by atoms with E-state index in [9.17, 15) is 0 Å². The molecular weight excluding hydrogens is 729 g/mol. The van der Waals surface area contributed by atoms with E-state index in [1.807, 2.05) is 0 Å². The highest BCUT2D eigenvalue weighted by Crippen LogP contribution is 2.32. The van der Waals surface area contributed by atoms with Crippen molar-refractivity contribution in [1.29, 1.82) is 0 Å². The Labute approximate surface area is 345 Å². The van der Waals surface area contributed by atoms with Gasteiger partial charge in [0.1, 0.15) is 0 Å². The summed E-state index contributed by atoms with van der Waals surface area (Å²) in [5, 5.41) is 11.1. The van der Waals surface area contributed by atoms with Gasteiger partial charge in [-0.3, -0.25) is 0 Å². The van der Waals surface area contributed by atoms with Gasteiger partial charge in [0.15, 0.2) is 16.1 Å². The molecular formula is C56H46Si2. The molecule has 9 aromatic carbocycles. The van der Waals surface area contributed by atoms with Crippen LogP contribution < -0.4 is 41.5 Å². The van der Waals surface area contributed by atoms with E-state index in [0.29, 0.717) is 0 Å². The summed E-state index contributed by atoms with van der Waals surface area (Å²) in [6.07, 6.45) is 0. The van der Waals surface area contributed by atoms with Crippen LogP contribution >= 0.6 is 0 Å². The maximum Gasteiger partial charge on any atom is 0.179 e. The van der Waals surface area contributed by atoms with E-state index in [1.165, 1.54) is 74.9 Å². The van der Waals surface area contributed by atoms with Gasteiger partial charge >= 0.3 is 0 Å². The number of benzene rings is 9. The zero-order chi connectivity index (χ0) is 39.4. The van der Waals surface area contributed by atoms with E-state index >= 15 is 0 Å². The van der Waals surface area contributed by atoms with Crippen molar-refractivity contribution in [2.75, 3.05) is 0 Å². The molecule has 0 amide bonds. The highest BCUT2D eigenvalue weighted by Gasteiger charge is 2.42. The van der Waals surface area contributed by atoms with E-state index in [4.69, 9.17) is 0 Å². The number of rotatable bonds is 10. The van der Waals surface area contributed by atoms with Crippen LogP contribution in [0, 0.1) is 13.8 Å². The number of aryl methyl sites for hydroxylation is 2. The second-order valence-electron chi connectivity index (χ2n) is 15.3. The Morgan fingerprint density at radius 1 is 0.224 bits per heavy atom. The van der Waals surface area contributed by atoms with Crippen molar-refractivity contribution in [2.24, 2.45) is 0 Å². The predicted molar refractivity (Wildman–Crippen MR) is 254 cm³/mol. The summed E-state index contributed by atoms with van der Waals surface area (Å²) in [6, 6.07) is 90.7. The molecule has 0 aliphatic carbocycles. The highest BCUT2D eigenvalue weighted by atomic mass is 28.3. The summed E-state index contributed by atoms with van der Waals surface area (Å²) in [5.41, 5.74) is 7.59. The number of hydrogen-bond acceptors (Lipinski definition) is 0. The molecule has 0 fully saturated rings. The molecule has 0 saturated heterocycles. The van der Waals surface area contributed by atoms with Crippen molar-refractivity contribution >= 4 is 57.6 Å². The molecule has 0 aliphatic rings. The van der Waals surface area contributed by atoms with Gasteiger partial charge in [0.25, 0.3) is 0 Å². The lowest BCUT2D eigenvalue weighted by Gasteiger charge is -2.34. The SMILES string of the molecule is Cc1cc(-c2ccc([Si](c3ccccc3)(c3ccccc3)c3ccccc3)cc2)c(C)cc1-c1ccc([Si](c2ccccc2)(c2ccccc2)c2ccccc2)cc1. The Morgan fingerprint density at radius 3 is 0.621 bits per heavy atom. The van der Waals surface area contributed by atoms with Gasteiger partial charge in [0, 0.05) is 0 Å². The molecule has 278 valence electrons. The Kier molecular flexibility index (Phi) is 10.3. The molecule has 0 aromatic heterocycles. The highest BCUT2D eigenvalue weighted by molar-refractivity contribution is 7.20. The van der Waals surface area contributed by atoms with Crippen molar-refractivity contribution < 1.29 is 0 Å². The maximum absolute atomic E-state index is 2.58. The van der Waals surface area contributed by atoms with Gasteiger partial charge in [-0.05, 0) is 88.7 Å². The smallest absolute Gasteiger partial charge is 0.0623 e. The van der Waals surface area contributed by atoms with Gasteiger partial charge in [-0.15, -0.1) is 0 Å². The molecule has 0 aliphatic heterocycles. The van der Waals surface area contributed by atoms with Crippen molar-refractivity contribution in [1.82, 2.24) is 0 Å². The minimum absolute atomic E-state index is 1.24. The number of hydrogen-bond donors (Lipinski definition) is 0. The van der Waals surface area contributed by atoms with Crippen LogP contribution in [0.4, 0.5) is 0 Å². The average molecular weight is 775 g/mol. The molecule has 9 rings (SSSR count). The first-order chi connectivity index (χ1) is 28.6. The average Bonchev–Trinajstić information content (AvgIpc) is 3.30. The van der Waals surface area contributed by atoms with E-state index in [0.717, 1.165) is 0 Å². The van der Waals surface area contributed by atoms with Crippen LogP contribution in [0.15, 0.2) is 243 Å². The van der Waals surface area contributed by atoms with E-state index in [2.05, 4.69) is 257 Å². The standard InChI is InChI=1S/C56H46Si2/c1-43-41-56(46-35-39-54(40-36-46)58(50-27-15-6-16-28-50,51-29-17-7-18-30-51)52-31-19-8-20-32-52)44(2)42-55(43)45-33-37-53(38-34-45)57(47-21-9-3-10-22-47,48-23-11-4-12-24-48)49-25-13-5-14-26-49/h3-42H,1-2H3. The van der Waals surface area contributed by atoms with E-state index in [1.54, 1.807) is 0 Å². The molecule has 58 heavy (non-hydrogen) atoms. The van der Waals surface area contributed by atoms with Crippen LogP contribution in [0.3, 0.4) is 0 Å². The van der Waals surface area contributed by atoms with Gasteiger partial charge in [0.2, 0.25) is 0 Å². The predicted octanol–water partition coefficient (Wildman–Crippen LogP) is 8.39. The topological polar surface area (TPSA) is 0 Å². The minimum Gasteiger partial charge on any atom is -0.0623 e. The normalized spacial score (nSPS) is 11.6. The maximum atomic E-state index is 2.40. The fourth-order valence-corrected chi connectivity index (χ4v) is 18.9. The van der Waals surface area contributed by atoms with Crippen LogP contribution in [0.2, 0.25) is 0 Å². The first kappa shape index (κ1) is 37.0. The second-order valence-corrected chi connectivity index (χ2v) is 23.0. The van der Waals surface area contributed by atoms with Gasteiger partial charge < -0.3 is 0 Å². The lowest BCUT2D eigenvalue weighted by atomic mass is 9.92. The van der Waals surface area contributed by atoms with Crippen LogP contribution in [-0.2, 0) is 0 Å². The lowest BCUT2D eigenvalue weighted by molar-refractivity contribution is 1.39. The molecule has 0 atom stereocenters. The lowest BCUT2D eigenvalue weighted by Crippen LogP contribution is -2.74. The monoisotopic (exact) mass is 774 g/mol. The summed E-state index contributed by atoms with van der Waals surface area (Å²) in [6.45, 7) is 4.52. The first-order valence-corrected chi connectivity index (χ1v) is 24.3. The Morgan fingerprint density at radius 2 is 0.414 bits per heavy atom. The van der Waals surface area contributed by atoms with Crippen LogP contribution in [0.1, 0.15) is 11.1 Å². The van der Waals surface area contributed by atoms with Crippen molar-refractivity contribution in [3.05, 3.63) is 254 Å². The molecule has 0 saturated carbocycles. The third-order valence-electron chi connectivity index (χ3n) is 12.1. The minimum atomic E-state index is -2.58. The summed E-state index contributed by atoms with van der Waals surface area (Å²) >= 11 is 0. The van der Waals surface area contributed by atoms with Crippen LogP contribution in [0.5, 0.6) is 0 Å². The zero-order valence-electron chi connectivity index (χ0n) is 33.1. The summed E-state index contributed by atoms with van der Waals surface area (Å²) in [5.74, 6) is 0. The Bertz CT molecular complexity index is 2340. The zero-order valence-corrected chi connectivity index (χ0v) is 35.1. The van der Waals surface area contributed by atoms with Gasteiger partial charge in [-0.1, -0.05) is 243 Å². The molecule has 0 bridgehead atoms. The van der Waals surface area contributed by atoms with Crippen molar-refractivity contribution in [3.63, 3.8) is 0 Å². The first-order valence-electron chi connectivity index (χ1n) is 20.3. The van der Waals surface area contributed by atoms with E-state index in [-0.39, 0.29) is 0 Å². The third-order valence-corrected chi connectivity index (χ3v) is 21.7. The van der Waals surface area contributed by atoms with E-state index < -0.39 is 16.1 Å². The van der Waals surface area contributed by atoms with Gasteiger partial charge in [-0.25, -0.2) is 0 Å². The fourth-order valence-electron chi connectivity index (χ4n) is 9.37. The van der Waals surface area contributed by atoms with Crippen molar-refractivity contribution in [2.45, 2.75) is 13.8 Å². The summed E-state index contributed by atoms with van der Waals surface area (Å²) in [7, 11) is -5.16. The molecule has 0 nitrogen and oxygen atoms in total. The summed E-state index contributed by atoms with van der Waals surface area (Å²) in [4.78, 5) is 0. The second kappa shape index (κ2) is 16.1. The van der Waals surface area contributed by atoms with Crippen LogP contribution in [0.25, 0.3) is 22.3 Å². The largest absolute Gasteiger partial charge is 0.179 e. The Balaban J connectivity index is 1.11. The van der Waals surface area contributed by atoms with Crippen LogP contribution in [-0.4, -0.2) is 16.1 Å². The van der Waals surface area contributed by atoms with Crippen molar-refractivity contribution in [3.8, 4) is 22.3 Å². The molecule has 9 aromatic rings. The Hall–Kier alpha value is -6.59. The molecule has 0 N–H and O–H groups in total. The molecule has 0 radical (unpaired) electrons. The molecule has 0 unspecified atom stereocenters. The third kappa shape index (κ3) is 6.51. The quantitative estimate of drug-likeness (QED) is 0.0968. The fraction of sp³-hybridized carbons (Fsp3) is 0.0357. The summed E-state index contributed by atoms with van der Waals surface area (Å²) < 4.78 is 0. The molecule has 0 heterocycles. The molecule has 2 heteroatoms. The molecule has 0 spiro atoms. The van der Waals surface area contributed by atoms with Gasteiger partial charge in [-0.2, -0.15) is 0 Å². The van der Waals surface area contributed by atoms with Gasteiger partial charge in [0.05, 0.1) is 0 Å².